The molecule has 3 aliphatic rings. The maximum Gasteiger partial charge on any atom is 0.307 e. The zero-order valence-corrected chi connectivity index (χ0v) is 10.9. The van der Waals surface area contributed by atoms with Crippen molar-refractivity contribution < 1.29 is 18.0 Å². The topological polar surface area (TPSA) is 79.3 Å². The highest BCUT2D eigenvalue weighted by Gasteiger charge is 2.52. The Kier molecular flexibility index (Phi) is 2.60. The second-order valence-corrected chi connectivity index (χ2v) is 6.70. The van der Waals surface area contributed by atoms with Gasteiger partial charge in [0.2, 0.25) is 0 Å². The predicted molar refractivity (Wildman–Crippen MR) is 63.0 cm³/mol. The summed E-state index contributed by atoms with van der Waals surface area (Å²) in [6.07, 6.45) is 1.91. The molecule has 1 unspecified atom stereocenters. The standard InChI is InChI=1S/C10H15N3O4S/c1-7-5-8(11-17-7)6-13-10(14)9-3-2-4-12(9)18(13,15)16/h7,9H,2-6H2,1H3/t7?,9-/m0/s1. The minimum atomic E-state index is -3.64. The van der Waals surface area contributed by atoms with Gasteiger partial charge < -0.3 is 4.84 Å². The van der Waals surface area contributed by atoms with Crippen molar-refractivity contribution in [2.75, 3.05) is 13.1 Å². The number of hydrogen-bond acceptors (Lipinski definition) is 5. The molecule has 0 aliphatic carbocycles. The molecule has 2 atom stereocenters. The van der Waals surface area contributed by atoms with Crippen molar-refractivity contribution in [3.05, 3.63) is 0 Å². The Labute approximate surface area is 106 Å². The Morgan fingerprint density at radius 2 is 2.28 bits per heavy atom. The Balaban J connectivity index is 1.82. The van der Waals surface area contributed by atoms with Crippen molar-refractivity contribution in [2.24, 2.45) is 5.16 Å². The first-order valence-electron chi connectivity index (χ1n) is 6.05. The lowest BCUT2D eigenvalue weighted by Crippen LogP contribution is -2.37. The highest BCUT2D eigenvalue weighted by molar-refractivity contribution is 7.87. The number of oxime groups is 1. The van der Waals surface area contributed by atoms with E-state index in [1.165, 1.54) is 4.31 Å². The highest BCUT2D eigenvalue weighted by atomic mass is 32.2. The number of fused-ring (bicyclic) bond motifs is 1. The van der Waals surface area contributed by atoms with Crippen LogP contribution < -0.4 is 0 Å². The van der Waals surface area contributed by atoms with E-state index in [4.69, 9.17) is 4.84 Å². The summed E-state index contributed by atoms with van der Waals surface area (Å²) in [5.74, 6) is -0.324. The van der Waals surface area contributed by atoms with Crippen molar-refractivity contribution in [3.8, 4) is 0 Å². The quantitative estimate of drug-likeness (QED) is 0.692. The summed E-state index contributed by atoms with van der Waals surface area (Å²) in [4.78, 5) is 17.1. The molecule has 100 valence electrons. The lowest BCUT2D eigenvalue weighted by Gasteiger charge is -2.16. The van der Waals surface area contributed by atoms with Gasteiger partial charge >= 0.3 is 10.2 Å². The number of carbonyl (C=O) groups is 1. The van der Waals surface area contributed by atoms with Crippen LogP contribution in [0.4, 0.5) is 0 Å². The summed E-state index contributed by atoms with van der Waals surface area (Å²) in [5.41, 5.74) is 0.612. The summed E-state index contributed by atoms with van der Waals surface area (Å²) in [6, 6.07) is -0.490. The van der Waals surface area contributed by atoms with Crippen LogP contribution in [0.2, 0.25) is 0 Å². The molecule has 3 aliphatic heterocycles. The van der Waals surface area contributed by atoms with Gasteiger partial charge in [-0.2, -0.15) is 12.7 Å². The summed E-state index contributed by atoms with van der Waals surface area (Å²) >= 11 is 0. The van der Waals surface area contributed by atoms with E-state index in [9.17, 15) is 13.2 Å². The number of carbonyl (C=O) groups excluding carboxylic acids is 1. The largest absolute Gasteiger partial charge is 0.392 e. The molecule has 18 heavy (non-hydrogen) atoms. The molecule has 0 bridgehead atoms. The van der Waals surface area contributed by atoms with Crippen LogP contribution in [0.1, 0.15) is 26.2 Å². The average molecular weight is 273 g/mol. The lowest BCUT2D eigenvalue weighted by molar-refractivity contribution is -0.127. The summed E-state index contributed by atoms with van der Waals surface area (Å²) in [6.45, 7) is 2.32. The van der Waals surface area contributed by atoms with Crippen LogP contribution in [-0.4, -0.2) is 53.9 Å². The normalized spacial score (nSPS) is 34.6. The van der Waals surface area contributed by atoms with E-state index in [0.29, 0.717) is 25.1 Å². The van der Waals surface area contributed by atoms with Gasteiger partial charge in [0.1, 0.15) is 12.1 Å². The molecule has 8 heteroatoms. The highest BCUT2D eigenvalue weighted by Crippen LogP contribution is 2.32. The van der Waals surface area contributed by atoms with Crippen LogP contribution in [0, 0.1) is 0 Å². The van der Waals surface area contributed by atoms with Gasteiger partial charge in [-0.05, 0) is 19.8 Å². The van der Waals surface area contributed by atoms with Gasteiger partial charge in [-0.25, -0.2) is 4.31 Å². The maximum absolute atomic E-state index is 12.2. The lowest BCUT2D eigenvalue weighted by atomic mass is 10.2. The van der Waals surface area contributed by atoms with Crippen LogP contribution in [0.3, 0.4) is 0 Å². The average Bonchev–Trinajstić information content (AvgIpc) is 2.96. The molecule has 3 heterocycles. The van der Waals surface area contributed by atoms with Gasteiger partial charge in [0.05, 0.1) is 12.3 Å². The third-order valence-corrected chi connectivity index (χ3v) is 5.42. The Morgan fingerprint density at radius 1 is 1.50 bits per heavy atom. The summed E-state index contributed by atoms with van der Waals surface area (Å²) in [7, 11) is -3.64. The second-order valence-electron chi connectivity index (χ2n) is 4.90. The van der Waals surface area contributed by atoms with Gasteiger partial charge in [0.25, 0.3) is 5.91 Å². The third kappa shape index (κ3) is 1.63. The van der Waals surface area contributed by atoms with Crippen molar-refractivity contribution in [3.63, 3.8) is 0 Å². The minimum absolute atomic E-state index is 0.0263. The number of nitrogens with zero attached hydrogens (tertiary/aromatic N) is 3. The first-order chi connectivity index (χ1) is 8.50. The molecule has 0 radical (unpaired) electrons. The SMILES string of the molecule is CC1CC(CN2C(=O)[C@@H]3CCCN3S2(=O)=O)=NO1. The van der Waals surface area contributed by atoms with Crippen LogP contribution in [-0.2, 0) is 19.8 Å². The molecule has 7 nitrogen and oxygen atoms in total. The van der Waals surface area contributed by atoms with Gasteiger partial charge in [-0.15, -0.1) is 0 Å². The van der Waals surface area contributed by atoms with Gasteiger partial charge in [0, 0.05) is 13.0 Å². The number of amides is 1. The zero-order chi connectivity index (χ0) is 12.9. The molecule has 0 aromatic carbocycles. The molecule has 0 saturated carbocycles. The van der Waals surface area contributed by atoms with E-state index in [-0.39, 0.29) is 18.6 Å². The predicted octanol–water partition coefficient (Wildman–Crippen LogP) is -0.297. The fourth-order valence-electron chi connectivity index (χ4n) is 2.66. The van der Waals surface area contributed by atoms with Crippen molar-refractivity contribution in [2.45, 2.75) is 38.3 Å². The van der Waals surface area contributed by atoms with Gasteiger partial charge in [-0.1, -0.05) is 5.16 Å². The Hall–Kier alpha value is -1.15. The van der Waals surface area contributed by atoms with Crippen LogP contribution in [0.25, 0.3) is 0 Å². The fourth-order valence-corrected chi connectivity index (χ4v) is 4.45. The number of hydrogen-bond donors (Lipinski definition) is 0. The van der Waals surface area contributed by atoms with E-state index in [2.05, 4.69) is 5.16 Å². The van der Waals surface area contributed by atoms with E-state index >= 15 is 0 Å². The monoisotopic (exact) mass is 273 g/mol. The molecule has 1 amide bonds. The van der Waals surface area contributed by atoms with Gasteiger partial charge in [0.15, 0.2) is 0 Å². The van der Waals surface area contributed by atoms with Crippen LogP contribution in [0.15, 0.2) is 5.16 Å². The maximum atomic E-state index is 12.2. The van der Waals surface area contributed by atoms with E-state index in [1.54, 1.807) is 0 Å². The van der Waals surface area contributed by atoms with E-state index in [1.807, 2.05) is 6.92 Å². The molecule has 0 aromatic heterocycles. The molecule has 0 aromatic rings. The summed E-state index contributed by atoms with van der Waals surface area (Å²) < 4.78 is 26.6. The molecular weight excluding hydrogens is 258 g/mol. The Morgan fingerprint density at radius 3 is 2.89 bits per heavy atom. The minimum Gasteiger partial charge on any atom is -0.392 e. The van der Waals surface area contributed by atoms with Crippen molar-refractivity contribution in [1.82, 2.24) is 8.61 Å². The Bertz CT molecular complexity index is 515. The summed E-state index contributed by atoms with van der Waals surface area (Å²) in [5, 5.41) is 3.81. The number of rotatable bonds is 2. The second kappa shape index (κ2) is 3.92. The van der Waals surface area contributed by atoms with E-state index < -0.39 is 16.3 Å². The molecule has 3 rings (SSSR count). The third-order valence-electron chi connectivity index (χ3n) is 3.52. The van der Waals surface area contributed by atoms with Crippen molar-refractivity contribution >= 4 is 21.8 Å². The molecule has 0 N–H and O–H groups in total. The molecule has 0 spiro atoms. The molecule has 2 fully saturated rings. The molecule has 2 saturated heterocycles. The fraction of sp³-hybridized carbons (Fsp3) is 0.800. The van der Waals surface area contributed by atoms with Crippen molar-refractivity contribution in [1.29, 1.82) is 0 Å². The van der Waals surface area contributed by atoms with Crippen LogP contribution in [0.5, 0.6) is 0 Å². The van der Waals surface area contributed by atoms with E-state index in [0.717, 1.165) is 10.7 Å². The smallest absolute Gasteiger partial charge is 0.307 e. The first kappa shape index (κ1) is 11.9. The van der Waals surface area contributed by atoms with Crippen LogP contribution >= 0.6 is 0 Å². The van der Waals surface area contributed by atoms with Gasteiger partial charge in [-0.3, -0.25) is 4.79 Å². The zero-order valence-electron chi connectivity index (χ0n) is 10.1. The first-order valence-corrected chi connectivity index (χ1v) is 7.45. The molecular formula is C10H15N3O4S.